The Hall–Kier alpha value is -2.57. The molecule has 1 aromatic rings. The number of aromatic nitrogens is 4. The van der Waals surface area contributed by atoms with E-state index >= 15 is 0 Å². The molecule has 88 valence electrons. The maximum atomic E-state index is 13.2. The second kappa shape index (κ2) is 3.00. The number of benzene rings is 1. The summed E-state index contributed by atoms with van der Waals surface area (Å²) in [5, 5.41) is 7.56. The van der Waals surface area contributed by atoms with E-state index in [1.165, 1.54) is 16.8 Å². The number of halogens is 1. The van der Waals surface area contributed by atoms with Gasteiger partial charge in [0, 0.05) is 5.39 Å². The lowest BCUT2D eigenvalue weighted by Crippen LogP contribution is -2.12. The Morgan fingerprint density at radius 2 is 2.22 bits per heavy atom. The fourth-order valence-electron chi connectivity index (χ4n) is 2.07. The molecule has 0 atom stereocenters. The minimum absolute atomic E-state index is 0.166. The third-order valence-corrected chi connectivity index (χ3v) is 2.90. The highest BCUT2D eigenvalue weighted by atomic mass is 19.1. The maximum absolute atomic E-state index is 13.2. The number of hydrogen-bond acceptors (Lipinski definition) is 5. The van der Waals surface area contributed by atoms with Crippen molar-refractivity contribution in [1.82, 2.24) is 19.7 Å². The summed E-state index contributed by atoms with van der Waals surface area (Å²) in [7, 11) is 0. The van der Waals surface area contributed by atoms with Crippen LogP contribution in [0.2, 0.25) is 0 Å². The third-order valence-electron chi connectivity index (χ3n) is 2.90. The van der Waals surface area contributed by atoms with Gasteiger partial charge in [0.1, 0.15) is 11.5 Å². The Balaban J connectivity index is 2.13. The number of hydrogen-bond donors (Lipinski definition) is 1. The van der Waals surface area contributed by atoms with E-state index in [-0.39, 0.29) is 18.3 Å². The summed E-state index contributed by atoms with van der Waals surface area (Å²) >= 11 is 0. The monoisotopic (exact) mass is 243 g/mol. The van der Waals surface area contributed by atoms with Crippen molar-refractivity contribution in [2.45, 2.75) is 0 Å². The number of rotatable bonds is 0. The predicted octanol–water partition coefficient (Wildman–Crippen LogP) is 1.14. The van der Waals surface area contributed by atoms with Gasteiger partial charge in [0.2, 0.25) is 5.95 Å². The molecule has 0 unspecified atom stereocenters. The molecule has 7 heteroatoms. The molecule has 3 heterocycles. The number of nitrogens with zero attached hydrogens (tertiary/aromatic N) is 4. The van der Waals surface area contributed by atoms with Crippen molar-refractivity contribution < 1.29 is 9.18 Å². The predicted molar refractivity (Wildman–Crippen MR) is 61.0 cm³/mol. The summed E-state index contributed by atoms with van der Waals surface area (Å²) in [4.78, 5) is 20.0. The first-order valence-electron chi connectivity index (χ1n) is 5.35. The largest absolute Gasteiger partial charge is 0.345 e. The molecule has 0 saturated carbocycles. The van der Waals surface area contributed by atoms with Crippen LogP contribution in [0.4, 0.5) is 10.3 Å². The van der Waals surface area contributed by atoms with Gasteiger partial charge < -0.3 is 5.32 Å². The zero-order valence-corrected chi connectivity index (χ0v) is 9.01. The highest BCUT2D eigenvalue weighted by molar-refractivity contribution is 5.96. The van der Waals surface area contributed by atoms with Gasteiger partial charge in [-0.05, 0) is 18.2 Å². The molecule has 3 aliphatic rings. The second-order valence-electron chi connectivity index (χ2n) is 4.04. The minimum atomic E-state index is -0.367. The molecule has 0 fully saturated rings. The number of carbonyl (C=O) groups is 1. The lowest BCUT2D eigenvalue weighted by atomic mass is 10.2. The number of anilines is 1. The molecule has 6 nitrogen and oxygen atoms in total. The van der Waals surface area contributed by atoms with Gasteiger partial charge in [-0.3, -0.25) is 4.79 Å². The van der Waals surface area contributed by atoms with Crippen molar-refractivity contribution >= 4 is 22.8 Å². The van der Waals surface area contributed by atoms with Crippen LogP contribution >= 0.6 is 0 Å². The molecule has 0 aromatic heterocycles. The van der Waals surface area contributed by atoms with E-state index < -0.39 is 0 Å². The highest BCUT2D eigenvalue weighted by Crippen LogP contribution is 2.29. The van der Waals surface area contributed by atoms with Gasteiger partial charge in [-0.2, -0.15) is 14.8 Å². The topological polar surface area (TPSA) is 72.7 Å². The molecule has 18 heavy (non-hydrogen) atoms. The Kier molecular flexibility index (Phi) is 1.58. The van der Waals surface area contributed by atoms with Crippen molar-refractivity contribution in [1.29, 1.82) is 0 Å². The van der Waals surface area contributed by atoms with Crippen LogP contribution in [0.3, 0.4) is 0 Å². The molecule has 4 rings (SSSR count). The summed E-state index contributed by atoms with van der Waals surface area (Å²) < 4.78 is 14.4. The lowest BCUT2D eigenvalue weighted by Gasteiger charge is -2.02. The summed E-state index contributed by atoms with van der Waals surface area (Å²) in [5.41, 5.74) is 1.05. The summed E-state index contributed by atoms with van der Waals surface area (Å²) in [6, 6.07) is 4.25. The Morgan fingerprint density at radius 3 is 3.11 bits per heavy atom. The maximum Gasteiger partial charge on any atom is 0.269 e. The Labute approximate surface area is 99.8 Å². The number of nitrogens with one attached hydrogen (secondary N) is 1. The molecule has 3 aliphatic heterocycles. The molecule has 1 aromatic carbocycles. The Morgan fingerprint density at radius 1 is 1.33 bits per heavy atom. The van der Waals surface area contributed by atoms with Crippen molar-refractivity contribution in [2.75, 3.05) is 11.9 Å². The van der Waals surface area contributed by atoms with Gasteiger partial charge in [0.15, 0.2) is 5.82 Å². The first-order valence-corrected chi connectivity index (χ1v) is 5.35. The molecule has 1 N–H and O–H groups in total. The van der Waals surface area contributed by atoms with Gasteiger partial charge in [-0.1, -0.05) is 0 Å². The molecule has 0 radical (unpaired) electrons. The average molecular weight is 243 g/mol. The molecular weight excluding hydrogens is 237 g/mol. The molecule has 0 amide bonds. The van der Waals surface area contributed by atoms with E-state index in [4.69, 9.17) is 0 Å². The van der Waals surface area contributed by atoms with E-state index in [0.29, 0.717) is 28.4 Å². The van der Waals surface area contributed by atoms with Crippen LogP contribution < -0.4 is 5.32 Å². The van der Waals surface area contributed by atoms with Gasteiger partial charge in [0.25, 0.3) is 5.91 Å². The van der Waals surface area contributed by atoms with Crippen molar-refractivity contribution in [3.05, 3.63) is 24.0 Å². The Bertz CT molecular complexity index is 781. The van der Waals surface area contributed by atoms with Crippen LogP contribution in [0.15, 0.2) is 18.2 Å². The van der Waals surface area contributed by atoms with Crippen LogP contribution in [0, 0.1) is 5.82 Å². The summed E-state index contributed by atoms with van der Waals surface area (Å²) in [5.74, 6) is 0.221. The van der Waals surface area contributed by atoms with E-state index in [1.54, 1.807) is 6.07 Å². The molecule has 0 aliphatic carbocycles. The molecule has 0 spiro atoms. The van der Waals surface area contributed by atoms with E-state index in [0.717, 1.165) is 0 Å². The fourth-order valence-corrected chi connectivity index (χ4v) is 2.07. The van der Waals surface area contributed by atoms with E-state index in [9.17, 15) is 9.18 Å². The zero-order valence-electron chi connectivity index (χ0n) is 9.01. The van der Waals surface area contributed by atoms with Crippen LogP contribution in [0.1, 0.15) is 4.79 Å². The minimum Gasteiger partial charge on any atom is -0.345 e. The van der Waals surface area contributed by atoms with E-state index in [2.05, 4.69) is 20.4 Å². The SMILES string of the molecule is O=C1CNc2nc3nc4ccc(F)cc4c-3nn21. The fraction of sp³-hybridized carbons (Fsp3) is 0.0909. The van der Waals surface area contributed by atoms with Crippen LogP contribution in [-0.2, 0) is 0 Å². The van der Waals surface area contributed by atoms with Gasteiger partial charge in [0.05, 0.1) is 12.1 Å². The van der Waals surface area contributed by atoms with Gasteiger partial charge in [-0.15, -0.1) is 0 Å². The first-order chi connectivity index (χ1) is 8.72. The summed E-state index contributed by atoms with van der Waals surface area (Å²) in [6.07, 6.45) is 0. The van der Waals surface area contributed by atoms with Crippen molar-refractivity contribution in [3.63, 3.8) is 0 Å². The van der Waals surface area contributed by atoms with Crippen LogP contribution in [0.25, 0.3) is 22.4 Å². The zero-order chi connectivity index (χ0) is 12.3. The quantitative estimate of drug-likeness (QED) is 0.640. The van der Waals surface area contributed by atoms with Crippen LogP contribution in [-0.4, -0.2) is 32.2 Å². The molecule has 0 bridgehead atoms. The van der Waals surface area contributed by atoms with Crippen molar-refractivity contribution in [3.8, 4) is 11.5 Å². The normalized spacial score (nSPS) is 14.2. The molecular formula is C11H6FN5O. The van der Waals surface area contributed by atoms with Crippen LogP contribution in [0.5, 0.6) is 0 Å². The first kappa shape index (κ1) is 9.46. The van der Waals surface area contributed by atoms with E-state index in [1.807, 2.05) is 0 Å². The average Bonchev–Trinajstić information content (AvgIpc) is 2.89. The number of carbonyl (C=O) groups excluding carboxylic acids is 1. The standard InChI is InChI=1S/C11H6FN5O/c12-5-1-2-7-6(3-5)9-10(14-7)15-11-13-4-8(18)17(11)16-9/h1-3H,4H2,(H,13,14,15). The third kappa shape index (κ3) is 1.10. The van der Waals surface area contributed by atoms with Gasteiger partial charge >= 0.3 is 0 Å². The van der Waals surface area contributed by atoms with Gasteiger partial charge in [-0.25, -0.2) is 9.37 Å². The van der Waals surface area contributed by atoms with Crippen molar-refractivity contribution in [2.24, 2.45) is 0 Å². The second-order valence-corrected chi connectivity index (χ2v) is 4.04. The molecule has 0 saturated heterocycles. The smallest absolute Gasteiger partial charge is 0.269 e. The summed E-state index contributed by atoms with van der Waals surface area (Å²) in [6.45, 7) is 0.166. The lowest BCUT2D eigenvalue weighted by molar-refractivity contribution is 0.0928. The number of fused-ring (bicyclic) bond motifs is 4. The highest BCUT2D eigenvalue weighted by Gasteiger charge is 2.25.